The molecule has 0 N–H and O–H groups in total. The smallest absolute Gasteiger partial charge is 0.409 e. The molecule has 1 amide bonds. The lowest BCUT2D eigenvalue weighted by molar-refractivity contribution is 0.0640. The zero-order chi connectivity index (χ0) is 23.0. The molecule has 3 heterocycles. The van der Waals surface area contributed by atoms with Gasteiger partial charge in [-0.3, -0.25) is 0 Å². The number of rotatable bonds is 6. The van der Waals surface area contributed by atoms with Crippen LogP contribution in [0.4, 0.5) is 16.3 Å². The van der Waals surface area contributed by atoms with Crippen molar-refractivity contribution in [2.24, 2.45) is 5.92 Å². The first-order chi connectivity index (χ1) is 15.9. The number of sulfone groups is 1. The molecular formula is C23H28N4O5S. The van der Waals surface area contributed by atoms with E-state index >= 15 is 0 Å². The molecule has 3 aliphatic rings. The summed E-state index contributed by atoms with van der Waals surface area (Å²) in [5, 5.41) is 0. The van der Waals surface area contributed by atoms with Crippen LogP contribution >= 0.6 is 0 Å². The summed E-state index contributed by atoms with van der Waals surface area (Å²) in [5.41, 5.74) is 1.94. The molecule has 0 bridgehead atoms. The number of nitrogens with zero attached hydrogens (tertiary/aromatic N) is 4. The first-order valence-electron chi connectivity index (χ1n) is 11.4. The van der Waals surface area contributed by atoms with E-state index < -0.39 is 9.84 Å². The lowest BCUT2D eigenvalue weighted by Crippen LogP contribution is -2.42. The van der Waals surface area contributed by atoms with E-state index in [0.29, 0.717) is 48.8 Å². The molecule has 1 saturated carbocycles. The van der Waals surface area contributed by atoms with Crippen LogP contribution in [0.5, 0.6) is 5.88 Å². The molecule has 1 aromatic heterocycles. The largest absolute Gasteiger partial charge is 0.474 e. The number of aromatic nitrogens is 2. The highest BCUT2D eigenvalue weighted by atomic mass is 32.2. The number of hydrogen-bond acceptors (Lipinski definition) is 8. The lowest BCUT2D eigenvalue weighted by atomic mass is 10.1. The quantitative estimate of drug-likeness (QED) is 0.632. The molecule has 0 unspecified atom stereocenters. The SMILES string of the molecule is CS(=O)(=O)c1ccc2c(c1)CCN2c1cc(OC2CCN(C(=O)OCC3CC3)CC2)ncn1. The third kappa shape index (κ3) is 5.05. The third-order valence-corrected chi connectivity index (χ3v) is 7.52. The van der Waals surface area contributed by atoms with Crippen molar-refractivity contribution in [1.82, 2.24) is 14.9 Å². The van der Waals surface area contributed by atoms with Gasteiger partial charge in [0.1, 0.15) is 18.2 Å². The maximum absolute atomic E-state index is 12.2. The monoisotopic (exact) mass is 472 g/mol. The van der Waals surface area contributed by atoms with Crippen LogP contribution in [0.15, 0.2) is 35.5 Å². The van der Waals surface area contributed by atoms with Gasteiger partial charge in [0.05, 0.1) is 11.5 Å². The summed E-state index contributed by atoms with van der Waals surface area (Å²) in [6, 6.07) is 7.02. The van der Waals surface area contributed by atoms with Crippen molar-refractivity contribution in [2.75, 3.05) is 37.4 Å². The zero-order valence-electron chi connectivity index (χ0n) is 18.6. The van der Waals surface area contributed by atoms with E-state index in [2.05, 4.69) is 14.9 Å². The van der Waals surface area contributed by atoms with E-state index in [-0.39, 0.29) is 12.2 Å². The average molecular weight is 473 g/mol. The van der Waals surface area contributed by atoms with Crippen LogP contribution in [0.25, 0.3) is 0 Å². The van der Waals surface area contributed by atoms with Crippen molar-refractivity contribution in [2.45, 2.75) is 43.1 Å². The highest BCUT2D eigenvalue weighted by molar-refractivity contribution is 7.90. The fraction of sp³-hybridized carbons (Fsp3) is 0.522. The Labute approximate surface area is 193 Å². The topological polar surface area (TPSA) is 102 Å². The third-order valence-electron chi connectivity index (χ3n) is 6.41. The van der Waals surface area contributed by atoms with Gasteiger partial charge in [-0.1, -0.05) is 0 Å². The number of fused-ring (bicyclic) bond motifs is 1. The second kappa shape index (κ2) is 8.81. The van der Waals surface area contributed by atoms with Crippen LogP contribution in [0.3, 0.4) is 0 Å². The molecule has 0 atom stereocenters. The fourth-order valence-corrected chi connectivity index (χ4v) is 4.95. The number of likely N-dealkylation sites (tertiary alicyclic amines) is 1. The second-order valence-electron chi connectivity index (χ2n) is 9.00. The van der Waals surface area contributed by atoms with Gasteiger partial charge in [0.25, 0.3) is 0 Å². The predicted molar refractivity (Wildman–Crippen MR) is 122 cm³/mol. The van der Waals surface area contributed by atoms with Crippen LogP contribution in [0, 0.1) is 5.92 Å². The first-order valence-corrected chi connectivity index (χ1v) is 13.3. The summed E-state index contributed by atoms with van der Waals surface area (Å²) in [4.78, 5) is 25.0. The number of amides is 1. The minimum atomic E-state index is -3.24. The Balaban J connectivity index is 1.20. The molecule has 10 heteroatoms. The molecule has 176 valence electrons. The predicted octanol–water partition coefficient (Wildman–Crippen LogP) is 2.96. The standard InChI is InChI=1S/C23H28N4O5S/c1-33(29,30)19-4-5-20-17(12-19)6-11-27(20)21-13-22(25-15-24-21)32-18-7-9-26(10-8-18)23(28)31-14-16-2-3-16/h4-5,12-13,15-16,18H,2-3,6-11,14H2,1H3. The van der Waals surface area contributed by atoms with Crippen molar-refractivity contribution in [3.63, 3.8) is 0 Å². The van der Waals surface area contributed by atoms with Gasteiger partial charge in [0.2, 0.25) is 5.88 Å². The maximum Gasteiger partial charge on any atom is 0.409 e. The fourth-order valence-electron chi connectivity index (χ4n) is 4.28. The summed E-state index contributed by atoms with van der Waals surface area (Å²) >= 11 is 0. The lowest BCUT2D eigenvalue weighted by Gasteiger charge is -2.31. The number of hydrogen-bond donors (Lipinski definition) is 0. The Morgan fingerprint density at radius 2 is 1.88 bits per heavy atom. The van der Waals surface area contributed by atoms with E-state index in [4.69, 9.17) is 9.47 Å². The minimum absolute atomic E-state index is 0.0246. The van der Waals surface area contributed by atoms with Gasteiger partial charge >= 0.3 is 6.09 Å². The molecule has 2 aliphatic heterocycles. The Morgan fingerprint density at radius 3 is 2.61 bits per heavy atom. The van der Waals surface area contributed by atoms with E-state index in [1.54, 1.807) is 17.0 Å². The van der Waals surface area contributed by atoms with Crippen LogP contribution in [0.1, 0.15) is 31.2 Å². The summed E-state index contributed by atoms with van der Waals surface area (Å²) in [7, 11) is -3.24. The van der Waals surface area contributed by atoms with Crippen LogP contribution in [0.2, 0.25) is 0 Å². The van der Waals surface area contributed by atoms with Gasteiger partial charge in [-0.15, -0.1) is 0 Å². The van der Waals surface area contributed by atoms with Gasteiger partial charge in [0, 0.05) is 50.5 Å². The molecule has 0 spiro atoms. The van der Waals surface area contributed by atoms with Crippen molar-refractivity contribution in [3.05, 3.63) is 36.2 Å². The molecule has 5 rings (SSSR count). The number of carbonyl (C=O) groups excluding carboxylic acids is 1. The Kier molecular flexibility index (Phi) is 5.86. The Bertz CT molecular complexity index is 1140. The highest BCUT2D eigenvalue weighted by Crippen LogP contribution is 2.36. The molecule has 33 heavy (non-hydrogen) atoms. The van der Waals surface area contributed by atoms with E-state index in [0.717, 1.165) is 43.4 Å². The van der Waals surface area contributed by atoms with E-state index in [1.165, 1.54) is 12.6 Å². The van der Waals surface area contributed by atoms with Crippen LogP contribution in [-0.4, -0.2) is 68.0 Å². The van der Waals surface area contributed by atoms with Gasteiger partial charge in [0.15, 0.2) is 9.84 Å². The second-order valence-corrected chi connectivity index (χ2v) is 11.0. The van der Waals surface area contributed by atoms with Crippen LogP contribution in [-0.2, 0) is 21.0 Å². The Morgan fingerprint density at radius 1 is 1.09 bits per heavy atom. The van der Waals surface area contributed by atoms with Gasteiger partial charge < -0.3 is 19.3 Å². The summed E-state index contributed by atoms with van der Waals surface area (Å²) < 4.78 is 35.2. The molecule has 1 aliphatic carbocycles. The molecule has 0 radical (unpaired) electrons. The Hall–Kier alpha value is -2.88. The number of piperidine rings is 1. The number of benzene rings is 1. The number of carbonyl (C=O) groups is 1. The maximum atomic E-state index is 12.2. The van der Waals surface area contributed by atoms with Crippen molar-refractivity contribution in [1.29, 1.82) is 0 Å². The molecule has 1 saturated heterocycles. The molecule has 1 aromatic carbocycles. The van der Waals surface area contributed by atoms with Gasteiger partial charge in [-0.2, -0.15) is 0 Å². The highest BCUT2D eigenvalue weighted by Gasteiger charge is 2.29. The average Bonchev–Trinajstić information content (AvgIpc) is 3.54. The summed E-state index contributed by atoms with van der Waals surface area (Å²) in [6.45, 7) is 2.46. The van der Waals surface area contributed by atoms with E-state index in [9.17, 15) is 13.2 Å². The van der Waals surface area contributed by atoms with Crippen LogP contribution < -0.4 is 9.64 Å². The number of ether oxygens (including phenoxy) is 2. The van der Waals surface area contributed by atoms with Gasteiger partial charge in [-0.25, -0.2) is 23.2 Å². The molecule has 9 nitrogen and oxygen atoms in total. The van der Waals surface area contributed by atoms with Gasteiger partial charge in [-0.05, 0) is 48.9 Å². The molecule has 2 fully saturated rings. The zero-order valence-corrected chi connectivity index (χ0v) is 19.5. The summed E-state index contributed by atoms with van der Waals surface area (Å²) in [5.74, 6) is 1.77. The number of anilines is 2. The molecule has 2 aromatic rings. The molecular weight excluding hydrogens is 444 g/mol. The van der Waals surface area contributed by atoms with Crippen molar-refractivity contribution < 1.29 is 22.7 Å². The normalized spacial score (nSPS) is 18.8. The first kappa shape index (κ1) is 21.9. The minimum Gasteiger partial charge on any atom is -0.474 e. The van der Waals surface area contributed by atoms with Crippen molar-refractivity contribution in [3.8, 4) is 5.88 Å². The van der Waals surface area contributed by atoms with E-state index in [1.807, 2.05) is 12.1 Å². The van der Waals surface area contributed by atoms with Crippen molar-refractivity contribution >= 4 is 27.4 Å². The summed E-state index contributed by atoms with van der Waals surface area (Å²) in [6.07, 6.45) is 6.96.